The van der Waals surface area contributed by atoms with E-state index in [9.17, 15) is 0 Å². The van der Waals surface area contributed by atoms with Crippen LogP contribution in [0, 0.1) is 0 Å². The minimum absolute atomic E-state index is 0.720. The molecule has 0 nitrogen and oxygen atoms in total. The smallest absolute Gasteiger partial charge is 0.146 e. The Hall–Kier alpha value is 0.827. The molecule has 4 heteroatoms. The maximum atomic E-state index is 5.41. The van der Waals surface area contributed by atoms with Gasteiger partial charge < -0.3 is 0 Å². The molecule has 0 rings (SSSR count). The van der Waals surface area contributed by atoms with Crippen LogP contribution in [0.1, 0.15) is 0 Å². The van der Waals surface area contributed by atoms with Crippen molar-refractivity contribution in [1.29, 1.82) is 0 Å². The molecule has 0 spiro atoms. The van der Waals surface area contributed by atoms with Gasteiger partial charge in [-0.3, -0.25) is 0 Å². The van der Waals surface area contributed by atoms with Crippen molar-refractivity contribution >= 4 is 41.2 Å². The predicted molar refractivity (Wildman–Crippen MR) is 37.3 cm³/mol. The van der Waals surface area contributed by atoms with Crippen LogP contribution in [0.2, 0.25) is 6.04 Å². The molecule has 0 aliphatic carbocycles. The average molecular weight is 175 g/mol. The molecule has 0 bridgehead atoms. The third-order valence-corrected chi connectivity index (χ3v) is 2.01. The van der Waals surface area contributed by atoms with E-state index in [1.807, 2.05) is 0 Å². The molecule has 7 heavy (non-hydrogen) atoms. The Morgan fingerprint density at radius 1 is 1.43 bits per heavy atom. The van der Waals surface area contributed by atoms with Crippen molar-refractivity contribution in [1.82, 2.24) is 0 Å². The average Bonchev–Trinajstić information content (AvgIpc) is 1.61. The SMILES string of the molecule is ClC=CC[Si](Cl)Cl. The summed E-state index contributed by atoms with van der Waals surface area (Å²) < 4.78 is 0. The molecular weight excluding hydrogens is 170 g/mol. The lowest BCUT2D eigenvalue weighted by Gasteiger charge is -1.83. The molecule has 0 heterocycles. The number of hydrogen-bond acceptors (Lipinski definition) is 0. The van der Waals surface area contributed by atoms with E-state index in [4.69, 9.17) is 33.8 Å². The Morgan fingerprint density at radius 2 is 2.00 bits per heavy atom. The number of hydrogen-bond donors (Lipinski definition) is 0. The molecule has 41 valence electrons. The van der Waals surface area contributed by atoms with Gasteiger partial charge in [-0.05, 0) is 6.04 Å². The van der Waals surface area contributed by atoms with E-state index < -0.39 is 7.42 Å². The fraction of sp³-hybridized carbons (Fsp3) is 0.333. The monoisotopic (exact) mass is 173 g/mol. The second-order valence-corrected chi connectivity index (χ2v) is 5.56. The van der Waals surface area contributed by atoms with Crippen molar-refractivity contribution in [2.45, 2.75) is 6.04 Å². The highest BCUT2D eigenvalue weighted by atomic mass is 35.7. The van der Waals surface area contributed by atoms with Gasteiger partial charge >= 0.3 is 0 Å². The maximum absolute atomic E-state index is 5.41. The van der Waals surface area contributed by atoms with E-state index in [0.717, 1.165) is 6.04 Å². The lowest BCUT2D eigenvalue weighted by molar-refractivity contribution is 1.73. The van der Waals surface area contributed by atoms with Crippen molar-refractivity contribution < 1.29 is 0 Å². The lowest BCUT2D eigenvalue weighted by atomic mass is 10.8. The molecular formula is C3H4Cl3Si. The Morgan fingerprint density at radius 3 is 2.14 bits per heavy atom. The second kappa shape index (κ2) is 4.97. The molecule has 0 aromatic rings. The Kier molecular flexibility index (Phi) is 5.56. The van der Waals surface area contributed by atoms with E-state index in [1.54, 1.807) is 6.08 Å². The molecule has 0 fully saturated rings. The van der Waals surface area contributed by atoms with E-state index in [0.29, 0.717) is 0 Å². The number of allylic oxidation sites excluding steroid dienone is 1. The van der Waals surface area contributed by atoms with E-state index in [1.165, 1.54) is 5.54 Å². The fourth-order valence-electron chi connectivity index (χ4n) is 0.134. The molecule has 1 radical (unpaired) electrons. The van der Waals surface area contributed by atoms with Crippen LogP contribution in [0.15, 0.2) is 11.6 Å². The summed E-state index contributed by atoms with van der Waals surface area (Å²) in [5, 5.41) is 0. The van der Waals surface area contributed by atoms with Crippen LogP contribution in [-0.2, 0) is 0 Å². The first-order valence-electron chi connectivity index (χ1n) is 1.69. The van der Waals surface area contributed by atoms with E-state index in [-0.39, 0.29) is 0 Å². The first-order valence-corrected chi connectivity index (χ1v) is 5.86. The van der Waals surface area contributed by atoms with Gasteiger partial charge in [0.1, 0.15) is 0 Å². The highest BCUT2D eigenvalue weighted by Gasteiger charge is 1.96. The molecule has 0 aliphatic heterocycles. The number of rotatable bonds is 2. The normalized spacial score (nSPS) is 11.4. The first kappa shape index (κ1) is 7.83. The van der Waals surface area contributed by atoms with Gasteiger partial charge in [-0.25, -0.2) is 0 Å². The quantitative estimate of drug-likeness (QED) is 0.446. The molecule has 0 unspecified atom stereocenters. The summed E-state index contributed by atoms with van der Waals surface area (Å²) >= 11 is 16.0. The zero-order chi connectivity index (χ0) is 5.70. The Bertz CT molecular complexity index is 61.2. The maximum Gasteiger partial charge on any atom is 0.277 e. The van der Waals surface area contributed by atoms with Crippen LogP contribution in [0.5, 0.6) is 0 Å². The van der Waals surface area contributed by atoms with Crippen LogP contribution in [0.4, 0.5) is 0 Å². The van der Waals surface area contributed by atoms with Crippen molar-refractivity contribution in [2.75, 3.05) is 0 Å². The Balaban J connectivity index is 2.97. The van der Waals surface area contributed by atoms with Crippen molar-refractivity contribution in [2.24, 2.45) is 0 Å². The summed E-state index contributed by atoms with van der Waals surface area (Å²) in [7, 11) is -1.12. The van der Waals surface area contributed by atoms with Gasteiger partial charge in [0.15, 0.2) is 0 Å². The van der Waals surface area contributed by atoms with Gasteiger partial charge in [0.25, 0.3) is 7.42 Å². The summed E-state index contributed by atoms with van der Waals surface area (Å²) in [6.45, 7) is 0. The third kappa shape index (κ3) is 6.83. The molecule has 0 amide bonds. The summed E-state index contributed by atoms with van der Waals surface area (Å²) in [4.78, 5) is 0. The second-order valence-electron chi connectivity index (χ2n) is 0.905. The zero-order valence-electron chi connectivity index (χ0n) is 3.50. The fourth-order valence-corrected chi connectivity index (χ4v) is 1.20. The van der Waals surface area contributed by atoms with E-state index in [2.05, 4.69) is 0 Å². The number of halogens is 3. The topological polar surface area (TPSA) is 0 Å². The van der Waals surface area contributed by atoms with Crippen molar-refractivity contribution in [3.05, 3.63) is 11.6 Å². The minimum Gasteiger partial charge on any atom is -0.146 e. The summed E-state index contributed by atoms with van der Waals surface area (Å²) in [5.41, 5.74) is 1.43. The van der Waals surface area contributed by atoms with Gasteiger partial charge in [0.05, 0.1) is 0 Å². The van der Waals surface area contributed by atoms with Crippen molar-refractivity contribution in [3.63, 3.8) is 0 Å². The van der Waals surface area contributed by atoms with E-state index >= 15 is 0 Å². The molecule has 0 saturated carbocycles. The standard InChI is InChI=1S/C3H4Cl3Si/c4-2-1-3-7(5)6/h1-2H,3H2. The first-order chi connectivity index (χ1) is 3.27. The van der Waals surface area contributed by atoms with Crippen LogP contribution in [-0.4, -0.2) is 7.42 Å². The van der Waals surface area contributed by atoms with Gasteiger partial charge in [-0.2, -0.15) is 0 Å². The van der Waals surface area contributed by atoms with Crippen LogP contribution < -0.4 is 0 Å². The largest absolute Gasteiger partial charge is 0.277 e. The van der Waals surface area contributed by atoms with Crippen LogP contribution in [0.25, 0.3) is 0 Å². The molecule has 0 N–H and O–H groups in total. The Labute approximate surface area is 59.1 Å². The van der Waals surface area contributed by atoms with Gasteiger partial charge in [-0.1, -0.05) is 17.7 Å². The highest BCUT2D eigenvalue weighted by molar-refractivity contribution is 7.33. The molecule has 0 aliphatic rings. The van der Waals surface area contributed by atoms with Gasteiger partial charge in [0, 0.05) is 5.54 Å². The summed E-state index contributed by atoms with van der Waals surface area (Å²) in [6.07, 6.45) is 1.75. The minimum atomic E-state index is -1.12. The lowest BCUT2D eigenvalue weighted by Crippen LogP contribution is -1.85. The molecule has 0 atom stereocenters. The van der Waals surface area contributed by atoms with Crippen LogP contribution >= 0.6 is 33.8 Å². The molecule has 0 aromatic carbocycles. The highest BCUT2D eigenvalue weighted by Crippen LogP contribution is 2.03. The third-order valence-electron chi connectivity index (χ3n) is 0.361. The van der Waals surface area contributed by atoms with Gasteiger partial charge in [-0.15, -0.1) is 22.2 Å². The molecule has 0 saturated heterocycles. The van der Waals surface area contributed by atoms with Gasteiger partial charge in [0.2, 0.25) is 0 Å². The summed E-state index contributed by atoms with van der Waals surface area (Å²) in [5.74, 6) is 0. The van der Waals surface area contributed by atoms with Crippen molar-refractivity contribution in [3.8, 4) is 0 Å². The summed E-state index contributed by atoms with van der Waals surface area (Å²) in [6, 6.07) is 0.720. The molecule has 0 aromatic heterocycles. The predicted octanol–water partition coefficient (Wildman–Crippen LogP) is 2.70. The zero-order valence-corrected chi connectivity index (χ0v) is 6.76. The van der Waals surface area contributed by atoms with Crippen LogP contribution in [0.3, 0.4) is 0 Å².